The van der Waals surface area contributed by atoms with E-state index in [1.54, 1.807) is 6.20 Å². The zero-order valence-corrected chi connectivity index (χ0v) is 16.4. The van der Waals surface area contributed by atoms with Gasteiger partial charge in [-0.3, -0.25) is 9.78 Å². The van der Waals surface area contributed by atoms with Gasteiger partial charge >= 0.3 is 0 Å². The molecule has 1 aromatic heterocycles. The Bertz CT molecular complexity index is 812. The van der Waals surface area contributed by atoms with Crippen LogP contribution in [0.5, 0.6) is 0 Å². The van der Waals surface area contributed by atoms with Gasteiger partial charge in [0, 0.05) is 51.2 Å². The maximum atomic E-state index is 12.5. The number of nitrogens with one attached hydrogen (secondary N) is 1. The Kier molecular flexibility index (Phi) is 5.76. The van der Waals surface area contributed by atoms with Crippen LogP contribution in [0.2, 0.25) is 0 Å². The van der Waals surface area contributed by atoms with Crippen LogP contribution in [-0.2, 0) is 4.74 Å². The number of anilines is 2. The van der Waals surface area contributed by atoms with Gasteiger partial charge in [-0.1, -0.05) is 12.1 Å². The molecule has 4 rings (SSSR count). The zero-order valence-electron chi connectivity index (χ0n) is 16.4. The molecule has 0 spiro atoms. The molecule has 1 unspecified atom stereocenters. The molecule has 0 radical (unpaired) electrons. The van der Waals surface area contributed by atoms with Crippen LogP contribution in [0.15, 0.2) is 42.7 Å². The third-order valence-electron chi connectivity index (χ3n) is 5.51. The van der Waals surface area contributed by atoms with Gasteiger partial charge in [-0.2, -0.15) is 0 Å². The Hall–Kier alpha value is -2.60. The van der Waals surface area contributed by atoms with Crippen molar-refractivity contribution in [3.63, 3.8) is 0 Å². The second kappa shape index (κ2) is 8.61. The number of carbonyl (C=O) groups excluding carboxylic acids is 1. The van der Waals surface area contributed by atoms with Gasteiger partial charge < -0.3 is 19.9 Å². The summed E-state index contributed by atoms with van der Waals surface area (Å²) in [5.74, 6) is -0.0803. The molecule has 2 aliphatic heterocycles. The van der Waals surface area contributed by atoms with E-state index in [0.29, 0.717) is 12.1 Å². The lowest BCUT2D eigenvalue weighted by atomic mass is 10.1. The van der Waals surface area contributed by atoms with Crippen molar-refractivity contribution in [1.29, 1.82) is 0 Å². The zero-order chi connectivity index (χ0) is 19.3. The number of nitrogens with zero attached hydrogens (tertiary/aromatic N) is 3. The van der Waals surface area contributed by atoms with Crippen molar-refractivity contribution in [3.05, 3.63) is 53.9 Å². The Morgan fingerprint density at radius 1 is 1.14 bits per heavy atom. The average molecular weight is 380 g/mol. The second-order valence-electron chi connectivity index (χ2n) is 7.59. The number of benzene rings is 1. The first-order valence-corrected chi connectivity index (χ1v) is 10.1. The standard InChI is InChI=1S/C22H28N4O2/c1-17-4-2-5-19(12-17)25-7-9-26(10-8-25)20-13-18(14-23-15-20)22(27)24-16-21-6-3-11-28-21/h2,4-5,12-15,21H,3,6-11,16H2,1H3,(H,24,27). The molecule has 28 heavy (non-hydrogen) atoms. The number of aromatic nitrogens is 1. The van der Waals surface area contributed by atoms with Crippen LogP contribution in [-0.4, -0.2) is 56.3 Å². The van der Waals surface area contributed by atoms with Crippen LogP contribution >= 0.6 is 0 Å². The molecule has 2 aromatic rings. The minimum absolute atomic E-state index is 0.0803. The lowest BCUT2D eigenvalue weighted by Gasteiger charge is -2.37. The number of rotatable bonds is 5. The number of pyridine rings is 1. The Labute approximate surface area is 166 Å². The van der Waals surface area contributed by atoms with Crippen molar-refractivity contribution in [1.82, 2.24) is 10.3 Å². The summed E-state index contributed by atoms with van der Waals surface area (Å²) in [5, 5.41) is 2.97. The summed E-state index contributed by atoms with van der Waals surface area (Å²) in [6, 6.07) is 10.6. The summed E-state index contributed by atoms with van der Waals surface area (Å²) in [5.41, 5.74) is 4.18. The summed E-state index contributed by atoms with van der Waals surface area (Å²) < 4.78 is 5.57. The minimum atomic E-state index is -0.0803. The van der Waals surface area contributed by atoms with Crippen LogP contribution in [0.25, 0.3) is 0 Å². The molecule has 6 nitrogen and oxygen atoms in total. The van der Waals surface area contributed by atoms with E-state index in [1.165, 1.54) is 11.3 Å². The number of aryl methyl sites for hydroxylation is 1. The third kappa shape index (κ3) is 4.44. The highest BCUT2D eigenvalue weighted by molar-refractivity contribution is 5.94. The molecular formula is C22H28N4O2. The minimum Gasteiger partial charge on any atom is -0.376 e. The predicted octanol–water partition coefficient (Wildman–Crippen LogP) is 2.63. The summed E-state index contributed by atoms with van der Waals surface area (Å²) >= 11 is 0. The topological polar surface area (TPSA) is 57.7 Å². The van der Waals surface area contributed by atoms with Crippen LogP contribution < -0.4 is 15.1 Å². The molecule has 1 atom stereocenters. The van der Waals surface area contributed by atoms with Gasteiger partial charge in [-0.05, 0) is 43.5 Å². The normalized spacial score (nSPS) is 19.7. The van der Waals surface area contributed by atoms with Crippen LogP contribution in [0.1, 0.15) is 28.8 Å². The van der Waals surface area contributed by atoms with Crippen LogP contribution in [0, 0.1) is 6.92 Å². The van der Waals surface area contributed by atoms with Gasteiger partial charge in [0.1, 0.15) is 0 Å². The van der Waals surface area contributed by atoms with E-state index in [2.05, 4.69) is 51.3 Å². The van der Waals surface area contributed by atoms with Crippen molar-refractivity contribution in [3.8, 4) is 0 Å². The summed E-state index contributed by atoms with van der Waals surface area (Å²) in [6.07, 6.45) is 5.72. The van der Waals surface area contributed by atoms with Gasteiger partial charge in [-0.25, -0.2) is 0 Å². The van der Waals surface area contributed by atoms with Gasteiger partial charge in [-0.15, -0.1) is 0 Å². The van der Waals surface area contributed by atoms with E-state index in [9.17, 15) is 4.79 Å². The summed E-state index contributed by atoms with van der Waals surface area (Å²) in [4.78, 5) is 21.5. The monoisotopic (exact) mass is 380 g/mol. The van der Waals surface area contributed by atoms with E-state index in [0.717, 1.165) is 51.3 Å². The molecule has 1 N–H and O–H groups in total. The molecule has 1 amide bonds. The molecule has 3 heterocycles. The molecule has 0 bridgehead atoms. The Balaban J connectivity index is 1.35. The molecule has 0 saturated carbocycles. The Morgan fingerprint density at radius 2 is 1.93 bits per heavy atom. The SMILES string of the molecule is Cc1cccc(N2CCN(c3cncc(C(=O)NCC4CCCO4)c3)CC2)c1. The average Bonchev–Trinajstić information content (AvgIpc) is 3.26. The van der Waals surface area contributed by atoms with Gasteiger partial charge in [0.25, 0.3) is 5.91 Å². The lowest BCUT2D eigenvalue weighted by Crippen LogP contribution is -2.46. The molecule has 6 heteroatoms. The van der Waals surface area contributed by atoms with E-state index < -0.39 is 0 Å². The quantitative estimate of drug-likeness (QED) is 0.864. The number of carbonyl (C=O) groups is 1. The highest BCUT2D eigenvalue weighted by Gasteiger charge is 2.20. The fourth-order valence-electron chi connectivity index (χ4n) is 3.89. The molecule has 1 aromatic carbocycles. The third-order valence-corrected chi connectivity index (χ3v) is 5.51. The molecule has 148 valence electrons. The number of hydrogen-bond acceptors (Lipinski definition) is 5. The van der Waals surface area contributed by atoms with Crippen molar-refractivity contribution in [2.45, 2.75) is 25.9 Å². The van der Waals surface area contributed by atoms with Crippen molar-refractivity contribution < 1.29 is 9.53 Å². The first-order valence-electron chi connectivity index (χ1n) is 10.1. The Morgan fingerprint density at radius 3 is 2.64 bits per heavy atom. The first kappa shape index (κ1) is 18.7. The number of amides is 1. The smallest absolute Gasteiger partial charge is 0.253 e. The van der Waals surface area contributed by atoms with Crippen molar-refractivity contribution in [2.24, 2.45) is 0 Å². The molecule has 2 fully saturated rings. The van der Waals surface area contributed by atoms with Crippen molar-refractivity contribution >= 4 is 17.3 Å². The van der Waals surface area contributed by atoms with Gasteiger partial charge in [0.15, 0.2) is 0 Å². The lowest BCUT2D eigenvalue weighted by molar-refractivity contribution is 0.0857. The molecule has 2 aliphatic rings. The number of piperazine rings is 1. The highest BCUT2D eigenvalue weighted by Crippen LogP contribution is 2.21. The number of ether oxygens (including phenoxy) is 1. The van der Waals surface area contributed by atoms with Gasteiger partial charge in [0.05, 0.1) is 23.6 Å². The van der Waals surface area contributed by atoms with E-state index >= 15 is 0 Å². The largest absolute Gasteiger partial charge is 0.376 e. The molecule has 0 aliphatic carbocycles. The first-order chi connectivity index (χ1) is 13.7. The van der Waals surface area contributed by atoms with E-state index in [1.807, 2.05) is 12.3 Å². The van der Waals surface area contributed by atoms with E-state index in [-0.39, 0.29) is 12.0 Å². The molecular weight excluding hydrogens is 352 g/mol. The maximum Gasteiger partial charge on any atom is 0.253 e. The highest BCUT2D eigenvalue weighted by atomic mass is 16.5. The predicted molar refractivity (Wildman–Crippen MR) is 111 cm³/mol. The maximum absolute atomic E-state index is 12.5. The fraction of sp³-hybridized carbons (Fsp3) is 0.455. The fourth-order valence-corrected chi connectivity index (χ4v) is 3.89. The summed E-state index contributed by atoms with van der Waals surface area (Å²) in [6.45, 7) is 7.23. The van der Waals surface area contributed by atoms with Crippen molar-refractivity contribution in [2.75, 3.05) is 49.1 Å². The van der Waals surface area contributed by atoms with Gasteiger partial charge in [0.2, 0.25) is 0 Å². The number of hydrogen-bond donors (Lipinski definition) is 1. The van der Waals surface area contributed by atoms with E-state index in [4.69, 9.17) is 4.74 Å². The van der Waals surface area contributed by atoms with Crippen LogP contribution in [0.4, 0.5) is 11.4 Å². The molecule has 2 saturated heterocycles. The second-order valence-corrected chi connectivity index (χ2v) is 7.59. The van der Waals surface area contributed by atoms with Crippen LogP contribution in [0.3, 0.4) is 0 Å². The summed E-state index contributed by atoms with van der Waals surface area (Å²) in [7, 11) is 0.